The van der Waals surface area contributed by atoms with E-state index in [4.69, 9.17) is 5.11 Å². The number of likely N-dealkylation sites (N-methyl/N-ethyl adjacent to an activating group) is 1. The third-order valence-corrected chi connectivity index (χ3v) is 3.54. The zero-order valence-corrected chi connectivity index (χ0v) is 10.4. The van der Waals surface area contributed by atoms with Crippen LogP contribution in [0.15, 0.2) is 0 Å². The molecule has 0 aromatic rings. The van der Waals surface area contributed by atoms with Crippen LogP contribution in [-0.4, -0.2) is 48.7 Å². The van der Waals surface area contributed by atoms with Crippen molar-refractivity contribution in [3.8, 4) is 0 Å². The largest absolute Gasteiger partial charge is 0.394 e. The third kappa shape index (κ3) is 4.10. The van der Waals surface area contributed by atoms with Crippen molar-refractivity contribution in [1.82, 2.24) is 10.2 Å². The Balaban J connectivity index is 2.23. The molecule has 4 heteroatoms. The Kier molecular flexibility index (Phi) is 5.77. The number of carbonyl (C=O) groups excluding carboxylic acids is 1. The topological polar surface area (TPSA) is 52.6 Å². The van der Waals surface area contributed by atoms with Crippen LogP contribution in [0, 0.1) is 5.92 Å². The van der Waals surface area contributed by atoms with Gasteiger partial charge in [-0.1, -0.05) is 0 Å². The monoisotopic (exact) mass is 228 g/mol. The Hall–Kier alpha value is -0.610. The second kappa shape index (κ2) is 6.86. The summed E-state index contributed by atoms with van der Waals surface area (Å²) in [6.45, 7) is 4.07. The number of aliphatic hydroxyl groups is 1. The predicted octanol–water partition coefficient (Wildman–Crippen LogP) is 0.605. The van der Waals surface area contributed by atoms with Gasteiger partial charge in [-0.3, -0.25) is 4.79 Å². The number of nitrogens with one attached hydrogen (secondary N) is 1. The molecule has 1 aliphatic heterocycles. The maximum Gasteiger partial charge on any atom is 0.222 e. The average molecular weight is 228 g/mol. The summed E-state index contributed by atoms with van der Waals surface area (Å²) in [4.78, 5) is 13.4. The molecule has 1 rings (SSSR count). The summed E-state index contributed by atoms with van der Waals surface area (Å²) < 4.78 is 0. The average Bonchev–Trinajstić information content (AvgIpc) is 2.35. The number of rotatable bonds is 5. The van der Waals surface area contributed by atoms with Gasteiger partial charge in [0.2, 0.25) is 5.91 Å². The predicted molar refractivity (Wildman–Crippen MR) is 64.1 cm³/mol. The fourth-order valence-corrected chi connectivity index (χ4v) is 2.04. The van der Waals surface area contributed by atoms with Gasteiger partial charge in [-0.2, -0.15) is 0 Å². The lowest BCUT2D eigenvalue weighted by molar-refractivity contribution is -0.132. The number of hydrogen-bond acceptors (Lipinski definition) is 3. The number of aliphatic hydroxyl groups excluding tert-OH is 1. The lowest BCUT2D eigenvalue weighted by atomic mass is 9.93. The summed E-state index contributed by atoms with van der Waals surface area (Å²) in [5.74, 6) is 0.850. The van der Waals surface area contributed by atoms with Crippen molar-refractivity contribution >= 4 is 5.91 Å². The van der Waals surface area contributed by atoms with Gasteiger partial charge in [0.15, 0.2) is 0 Å². The summed E-state index contributed by atoms with van der Waals surface area (Å²) in [6, 6.07) is -0.0690. The lowest BCUT2D eigenvalue weighted by Gasteiger charge is -2.26. The minimum atomic E-state index is -0.0690. The fourth-order valence-electron chi connectivity index (χ4n) is 2.04. The summed E-state index contributed by atoms with van der Waals surface area (Å²) >= 11 is 0. The van der Waals surface area contributed by atoms with E-state index < -0.39 is 0 Å². The highest BCUT2D eigenvalue weighted by molar-refractivity contribution is 5.76. The first-order valence-corrected chi connectivity index (χ1v) is 6.22. The van der Waals surface area contributed by atoms with E-state index in [2.05, 4.69) is 5.32 Å². The molecule has 0 radical (unpaired) electrons. The zero-order valence-electron chi connectivity index (χ0n) is 10.4. The highest BCUT2D eigenvalue weighted by Crippen LogP contribution is 2.18. The minimum Gasteiger partial charge on any atom is -0.394 e. The van der Waals surface area contributed by atoms with E-state index in [1.54, 1.807) is 11.9 Å². The Bertz CT molecular complexity index is 215. The van der Waals surface area contributed by atoms with Gasteiger partial charge in [0, 0.05) is 13.5 Å². The molecule has 0 spiro atoms. The number of carbonyl (C=O) groups is 1. The molecule has 2 N–H and O–H groups in total. The van der Waals surface area contributed by atoms with Gasteiger partial charge >= 0.3 is 0 Å². The summed E-state index contributed by atoms with van der Waals surface area (Å²) in [5, 5.41) is 12.3. The summed E-state index contributed by atoms with van der Waals surface area (Å²) in [6.07, 6.45) is 3.98. The van der Waals surface area contributed by atoms with E-state index >= 15 is 0 Å². The molecular weight excluding hydrogens is 204 g/mol. The number of piperidine rings is 1. The molecule has 1 saturated heterocycles. The summed E-state index contributed by atoms with van der Waals surface area (Å²) in [5.41, 5.74) is 0. The van der Waals surface area contributed by atoms with E-state index in [0.717, 1.165) is 19.5 Å². The van der Waals surface area contributed by atoms with Gasteiger partial charge in [0.05, 0.1) is 12.6 Å². The quantitative estimate of drug-likeness (QED) is 0.725. The van der Waals surface area contributed by atoms with E-state index in [9.17, 15) is 4.79 Å². The number of hydrogen-bond donors (Lipinski definition) is 2. The first-order chi connectivity index (χ1) is 7.65. The maximum atomic E-state index is 11.8. The van der Waals surface area contributed by atoms with E-state index in [1.165, 1.54) is 12.8 Å². The van der Waals surface area contributed by atoms with E-state index in [1.807, 2.05) is 6.92 Å². The number of nitrogens with zero attached hydrogens (tertiary/aromatic N) is 1. The van der Waals surface area contributed by atoms with Crippen molar-refractivity contribution < 1.29 is 9.90 Å². The molecule has 0 aliphatic carbocycles. The SMILES string of the molecule is CC(CO)N(C)C(=O)CCC1CCNCC1. The van der Waals surface area contributed by atoms with Crippen molar-refractivity contribution in [2.75, 3.05) is 26.7 Å². The van der Waals surface area contributed by atoms with Gasteiger partial charge in [-0.25, -0.2) is 0 Å². The summed E-state index contributed by atoms with van der Waals surface area (Å²) in [7, 11) is 1.77. The van der Waals surface area contributed by atoms with Crippen LogP contribution in [0.25, 0.3) is 0 Å². The number of amides is 1. The first-order valence-electron chi connectivity index (χ1n) is 6.22. The van der Waals surface area contributed by atoms with Gasteiger partial charge in [-0.15, -0.1) is 0 Å². The third-order valence-electron chi connectivity index (χ3n) is 3.54. The maximum absolute atomic E-state index is 11.8. The van der Waals surface area contributed by atoms with Crippen LogP contribution in [-0.2, 0) is 4.79 Å². The molecule has 16 heavy (non-hydrogen) atoms. The Labute approximate surface area is 98.0 Å². The van der Waals surface area contributed by atoms with Gasteiger partial charge in [0.1, 0.15) is 0 Å². The molecule has 0 saturated carbocycles. The molecule has 1 aliphatic rings. The molecule has 0 bridgehead atoms. The smallest absolute Gasteiger partial charge is 0.222 e. The van der Waals surface area contributed by atoms with Gasteiger partial charge in [-0.05, 0) is 45.2 Å². The van der Waals surface area contributed by atoms with Crippen LogP contribution < -0.4 is 5.32 Å². The fraction of sp³-hybridized carbons (Fsp3) is 0.917. The van der Waals surface area contributed by atoms with Crippen LogP contribution in [0.1, 0.15) is 32.6 Å². The van der Waals surface area contributed by atoms with Crippen LogP contribution >= 0.6 is 0 Å². The Morgan fingerprint density at radius 3 is 2.69 bits per heavy atom. The molecule has 1 unspecified atom stereocenters. The van der Waals surface area contributed by atoms with Crippen LogP contribution in [0.5, 0.6) is 0 Å². The molecule has 1 heterocycles. The van der Waals surface area contributed by atoms with Gasteiger partial charge < -0.3 is 15.3 Å². The van der Waals surface area contributed by atoms with Crippen molar-refractivity contribution in [2.45, 2.75) is 38.6 Å². The van der Waals surface area contributed by atoms with Crippen molar-refractivity contribution in [2.24, 2.45) is 5.92 Å². The highest BCUT2D eigenvalue weighted by atomic mass is 16.3. The molecule has 1 amide bonds. The molecule has 0 aromatic carbocycles. The molecule has 94 valence electrons. The standard InChI is InChI=1S/C12H24N2O2/c1-10(9-15)14(2)12(16)4-3-11-5-7-13-8-6-11/h10-11,13,15H,3-9H2,1-2H3. The molecule has 4 nitrogen and oxygen atoms in total. The first kappa shape index (κ1) is 13.5. The Morgan fingerprint density at radius 1 is 1.50 bits per heavy atom. The molecule has 1 fully saturated rings. The lowest BCUT2D eigenvalue weighted by Crippen LogP contribution is -2.37. The minimum absolute atomic E-state index is 0.0373. The molecular formula is C12H24N2O2. The van der Waals surface area contributed by atoms with Crippen LogP contribution in [0.4, 0.5) is 0 Å². The second-order valence-corrected chi connectivity index (χ2v) is 4.77. The zero-order chi connectivity index (χ0) is 12.0. The van der Waals surface area contributed by atoms with Crippen molar-refractivity contribution in [1.29, 1.82) is 0 Å². The van der Waals surface area contributed by atoms with E-state index in [0.29, 0.717) is 12.3 Å². The molecule has 0 aromatic heterocycles. The van der Waals surface area contributed by atoms with Gasteiger partial charge in [0.25, 0.3) is 0 Å². The van der Waals surface area contributed by atoms with E-state index in [-0.39, 0.29) is 18.6 Å². The second-order valence-electron chi connectivity index (χ2n) is 4.77. The van der Waals surface area contributed by atoms with Crippen LogP contribution in [0.3, 0.4) is 0 Å². The van der Waals surface area contributed by atoms with Crippen molar-refractivity contribution in [3.05, 3.63) is 0 Å². The van der Waals surface area contributed by atoms with Crippen molar-refractivity contribution in [3.63, 3.8) is 0 Å². The normalized spacial score (nSPS) is 19.4. The highest BCUT2D eigenvalue weighted by Gasteiger charge is 2.18. The van der Waals surface area contributed by atoms with Crippen LogP contribution in [0.2, 0.25) is 0 Å². The Morgan fingerprint density at radius 2 is 2.12 bits per heavy atom. The molecule has 1 atom stereocenters.